The number of hydrogen-bond acceptors (Lipinski definition) is 3. The van der Waals surface area contributed by atoms with Crippen LogP contribution in [0.25, 0.3) is 0 Å². The van der Waals surface area contributed by atoms with Crippen LogP contribution in [-0.2, 0) is 4.74 Å². The van der Waals surface area contributed by atoms with E-state index in [1.807, 2.05) is 12.1 Å². The van der Waals surface area contributed by atoms with Crippen LogP contribution in [0, 0.1) is 5.41 Å². The summed E-state index contributed by atoms with van der Waals surface area (Å²) < 4.78 is 10.7. The molecule has 152 valence electrons. The van der Waals surface area contributed by atoms with Crippen LogP contribution in [0.15, 0.2) is 24.3 Å². The van der Waals surface area contributed by atoms with Crippen LogP contribution in [0.1, 0.15) is 69.7 Å². The number of rotatable bonds is 13. The molecule has 0 saturated carbocycles. The summed E-state index contributed by atoms with van der Waals surface area (Å²) in [4.78, 5) is 12.3. The van der Waals surface area contributed by atoms with E-state index in [4.69, 9.17) is 10.1 Å². The minimum absolute atomic E-state index is 0.0638. The predicted molar refractivity (Wildman–Crippen MR) is 118 cm³/mol. The molecule has 0 bridgehead atoms. The first-order valence-electron chi connectivity index (χ1n) is 10.5. The standard InChI is InChI=1S/C10H11N2O2.3C4H9.Sn/c1-14-9(11)7-12-10(13)8-5-3-2-4-6-8;3*1-3-4-2;/h3-6,11H,7H2,1H3,(H,12,13);3*1,3-4H2,2H3;. The maximum atomic E-state index is 12.3. The topological polar surface area (TPSA) is 62.2 Å². The van der Waals surface area contributed by atoms with Crippen molar-refractivity contribution in [3.8, 4) is 0 Å². The van der Waals surface area contributed by atoms with E-state index in [1.54, 1.807) is 3.58 Å². The Hall–Kier alpha value is -1.04. The number of carbonyl (C=O) groups excluding carboxylic acids is 1. The van der Waals surface area contributed by atoms with Gasteiger partial charge in [0.05, 0.1) is 0 Å². The molecule has 0 radical (unpaired) electrons. The average molecular weight is 481 g/mol. The second kappa shape index (κ2) is 13.2. The van der Waals surface area contributed by atoms with Crippen LogP contribution in [0.4, 0.5) is 0 Å². The van der Waals surface area contributed by atoms with Gasteiger partial charge in [0.2, 0.25) is 0 Å². The van der Waals surface area contributed by atoms with Crippen molar-refractivity contribution in [2.24, 2.45) is 0 Å². The van der Waals surface area contributed by atoms with Crippen molar-refractivity contribution in [2.75, 3.05) is 13.7 Å². The van der Waals surface area contributed by atoms with Crippen LogP contribution in [0.3, 0.4) is 0 Å². The van der Waals surface area contributed by atoms with E-state index in [0.29, 0.717) is 5.56 Å². The number of carbonyl (C=O) groups is 1. The first kappa shape index (κ1) is 24.0. The molecular formula is C22H38N2O2Sn. The molecule has 5 heteroatoms. The van der Waals surface area contributed by atoms with Gasteiger partial charge in [-0.25, -0.2) is 0 Å². The second-order valence-electron chi connectivity index (χ2n) is 7.48. The van der Waals surface area contributed by atoms with Crippen LogP contribution < -0.4 is 8.90 Å². The molecule has 0 aliphatic rings. The van der Waals surface area contributed by atoms with Gasteiger partial charge in [0, 0.05) is 0 Å². The Bertz CT molecular complexity index is 550. The SMILES string of the molecule is CCC[CH2][Sn]([CH2]CCC)([CH2]CCC)[c]1ccc(C(=O)NCC(=N)OC)cc1. The minimum atomic E-state index is -2.42. The fourth-order valence-electron chi connectivity index (χ4n) is 3.66. The predicted octanol–water partition coefficient (Wildman–Crippen LogP) is 5.10. The first-order valence-corrected chi connectivity index (χ1v) is 18.0. The zero-order valence-corrected chi connectivity index (χ0v) is 20.6. The molecule has 0 spiro atoms. The van der Waals surface area contributed by atoms with Crippen molar-refractivity contribution in [1.29, 1.82) is 5.41 Å². The van der Waals surface area contributed by atoms with Gasteiger partial charge in [-0.3, -0.25) is 0 Å². The molecule has 0 saturated heterocycles. The molecule has 0 aliphatic carbocycles. The normalized spacial score (nSPS) is 11.3. The van der Waals surface area contributed by atoms with Gasteiger partial charge >= 0.3 is 170 Å². The summed E-state index contributed by atoms with van der Waals surface area (Å²) in [6, 6.07) is 8.45. The van der Waals surface area contributed by atoms with E-state index >= 15 is 0 Å². The van der Waals surface area contributed by atoms with Gasteiger partial charge in [0.1, 0.15) is 0 Å². The van der Waals surface area contributed by atoms with E-state index in [-0.39, 0.29) is 18.3 Å². The van der Waals surface area contributed by atoms with E-state index in [1.165, 1.54) is 58.9 Å². The summed E-state index contributed by atoms with van der Waals surface area (Å²) in [5.41, 5.74) is 0.671. The molecule has 1 amide bonds. The summed E-state index contributed by atoms with van der Waals surface area (Å²) in [5, 5.41) is 10.2. The number of unbranched alkanes of at least 4 members (excludes halogenated alkanes) is 3. The average Bonchev–Trinajstić information content (AvgIpc) is 2.71. The number of hydrogen-bond donors (Lipinski definition) is 2. The Morgan fingerprint density at radius 3 is 1.85 bits per heavy atom. The Labute approximate surface area is 169 Å². The first-order chi connectivity index (χ1) is 13.0. The molecule has 1 aromatic carbocycles. The summed E-state index contributed by atoms with van der Waals surface area (Å²) in [7, 11) is 1.44. The Balaban J connectivity index is 2.99. The van der Waals surface area contributed by atoms with Gasteiger partial charge in [-0.2, -0.15) is 0 Å². The van der Waals surface area contributed by atoms with Gasteiger partial charge in [0.15, 0.2) is 0 Å². The maximum absolute atomic E-state index is 12.3. The summed E-state index contributed by atoms with van der Waals surface area (Å²) in [6.45, 7) is 7.01. The molecule has 1 rings (SSSR count). The summed E-state index contributed by atoms with van der Waals surface area (Å²) >= 11 is -2.42. The third kappa shape index (κ3) is 7.84. The van der Waals surface area contributed by atoms with Crippen molar-refractivity contribution in [1.82, 2.24) is 5.32 Å². The Kier molecular flexibility index (Phi) is 11.7. The third-order valence-corrected chi connectivity index (χ3v) is 21.1. The monoisotopic (exact) mass is 482 g/mol. The number of ether oxygens (including phenoxy) is 1. The van der Waals surface area contributed by atoms with Crippen LogP contribution >= 0.6 is 0 Å². The number of methoxy groups -OCH3 is 1. The van der Waals surface area contributed by atoms with Crippen molar-refractivity contribution >= 4 is 33.8 Å². The van der Waals surface area contributed by atoms with Crippen LogP contribution in [0.5, 0.6) is 0 Å². The number of amides is 1. The number of benzene rings is 1. The summed E-state index contributed by atoms with van der Waals surface area (Å²) in [5.74, 6) is -0.0753. The zero-order chi connectivity index (χ0) is 20.1. The van der Waals surface area contributed by atoms with Gasteiger partial charge in [-0.1, -0.05) is 0 Å². The fraction of sp³-hybridized carbons (Fsp3) is 0.636. The van der Waals surface area contributed by atoms with E-state index in [2.05, 4.69) is 38.2 Å². The Morgan fingerprint density at radius 1 is 0.963 bits per heavy atom. The number of nitrogens with one attached hydrogen (secondary N) is 2. The molecule has 1 aromatic rings. The zero-order valence-electron chi connectivity index (χ0n) is 17.7. The fourth-order valence-corrected chi connectivity index (χ4v) is 19.6. The van der Waals surface area contributed by atoms with Gasteiger partial charge in [-0.05, 0) is 0 Å². The van der Waals surface area contributed by atoms with E-state index in [0.717, 1.165) is 0 Å². The molecule has 0 aliphatic heterocycles. The van der Waals surface area contributed by atoms with Crippen molar-refractivity contribution in [3.05, 3.63) is 29.8 Å². The van der Waals surface area contributed by atoms with Gasteiger partial charge < -0.3 is 0 Å². The third-order valence-electron chi connectivity index (χ3n) is 5.44. The molecule has 0 aromatic heterocycles. The molecule has 0 atom stereocenters. The molecule has 0 heterocycles. The quantitative estimate of drug-likeness (QED) is 0.234. The van der Waals surface area contributed by atoms with E-state index < -0.39 is 18.4 Å². The molecule has 0 fully saturated rings. The Morgan fingerprint density at radius 2 is 1.44 bits per heavy atom. The van der Waals surface area contributed by atoms with E-state index in [9.17, 15) is 4.79 Å². The summed E-state index contributed by atoms with van der Waals surface area (Å²) in [6.07, 6.45) is 7.81. The molecular weight excluding hydrogens is 443 g/mol. The van der Waals surface area contributed by atoms with Crippen molar-refractivity contribution < 1.29 is 9.53 Å². The molecule has 4 nitrogen and oxygen atoms in total. The molecule has 0 unspecified atom stereocenters. The second-order valence-corrected chi connectivity index (χ2v) is 20.7. The van der Waals surface area contributed by atoms with Gasteiger partial charge in [-0.15, -0.1) is 0 Å². The van der Waals surface area contributed by atoms with Crippen LogP contribution in [0.2, 0.25) is 13.3 Å². The van der Waals surface area contributed by atoms with Gasteiger partial charge in [0.25, 0.3) is 0 Å². The van der Waals surface area contributed by atoms with Crippen molar-refractivity contribution in [3.63, 3.8) is 0 Å². The van der Waals surface area contributed by atoms with Crippen LogP contribution in [-0.4, -0.2) is 43.8 Å². The molecule has 27 heavy (non-hydrogen) atoms. The van der Waals surface area contributed by atoms with Crippen molar-refractivity contribution in [2.45, 2.75) is 72.6 Å². The molecule has 2 N–H and O–H groups in total.